The zero-order valence-electron chi connectivity index (χ0n) is 14.7. The van der Waals surface area contributed by atoms with Crippen molar-refractivity contribution in [3.8, 4) is 11.3 Å². The van der Waals surface area contributed by atoms with Crippen molar-refractivity contribution in [3.05, 3.63) is 77.6 Å². The Labute approximate surface area is 148 Å². The van der Waals surface area contributed by atoms with Crippen LogP contribution in [0.5, 0.6) is 0 Å². The van der Waals surface area contributed by atoms with Gasteiger partial charge in [0.2, 0.25) is 0 Å². The molecule has 1 amide bonds. The SMILES string of the molecule is Cc1ccc(-c2ccc(CNc3cccc(C(=O)N(C)C)c3)o2)cc1. The molecular weight excluding hydrogens is 312 g/mol. The Balaban J connectivity index is 1.67. The molecule has 0 fully saturated rings. The molecule has 128 valence electrons. The van der Waals surface area contributed by atoms with Crippen LogP contribution in [0, 0.1) is 6.92 Å². The standard InChI is InChI=1S/C21H22N2O2/c1-15-7-9-16(10-8-15)20-12-11-19(25-20)14-22-18-6-4-5-17(13-18)21(24)23(2)3/h4-13,22H,14H2,1-3H3. The third-order valence-electron chi connectivity index (χ3n) is 3.98. The second kappa shape index (κ2) is 7.26. The molecule has 2 aromatic carbocycles. The van der Waals surface area contributed by atoms with Crippen molar-refractivity contribution < 1.29 is 9.21 Å². The number of rotatable bonds is 5. The highest BCUT2D eigenvalue weighted by Crippen LogP contribution is 2.23. The quantitative estimate of drug-likeness (QED) is 0.743. The fraction of sp³-hybridized carbons (Fsp3) is 0.190. The highest BCUT2D eigenvalue weighted by Gasteiger charge is 2.09. The molecule has 0 bridgehead atoms. The molecule has 3 rings (SSSR count). The Morgan fingerprint density at radius 2 is 1.80 bits per heavy atom. The number of anilines is 1. The van der Waals surface area contributed by atoms with Gasteiger partial charge >= 0.3 is 0 Å². The largest absolute Gasteiger partial charge is 0.459 e. The van der Waals surface area contributed by atoms with Gasteiger partial charge in [0.05, 0.1) is 6.54 Å². The number of hydrogen-bond acceptors (Lipinski definition) is 3. The van der Waals surface area contributed by atoms with Crippen LogP contribution < -0.4 is 5.32 Å². The summed E-state index contributed by atoms with van der Waals surface area (Å²) >= 11 is 0. The number of nitrogens with zero attached hydrogens (tertiary/aromatic N) is 1. The molecule has 0 aliphatic heterocycles. The summed E-state index contributed by atoms with van der Waals surface area (Å²) in [5, 5.41) is 3.30. The average Bonchev–Trinajstić information content (AvgIpc) is 3.09. The molecule has 0 spiro atoms. The number of benzene rings is 2. The number of aryl methyl sites for hydroxylation is 1. The van der Waals surface area contributed by atoms with Gasteiger partial charge in [-0.1, -0.05) is 35.9 Å². The summed E-state index contributed by atoms with van der Waals surface area (Å²) in [4.78, 5) is 13.6. The number of hydrogen-bond donors (Lipinski definition) is 1. The van der Waals surface area contributed by atoms with Gasteiger partial charge in [0.25, 0.3) is 5.91 Å². The molecule has 0 aliphatic carbocycles. The molecular formula is C21H22N2O2. The first kappa shape index (κ1) is 16.8. The monoisotopic (exact) mass is 334 g/mol. The molecule has 4 nitrogen and oxygen atoms in total. The Hall–Kier alpha value is -3.01. The molecule has 3 aromatic rings. The zero-order chi connectivity index (χ0) is 17.8. The van der Waals surface area contributed by atoms with Gasteiger partial charge in [-0.15, -0.1) is 0 Å². The minimum Gasteiger partial charge on any atom is -0.459 e. The van der Waals surface area contributed by atoms with Gasteiger partial charge < -0.3 is 14.6 Å². The Bertz CT molecular complexity index is 864. The lowest BCUT2D eigenvalue weighted by molar-refractivity contribution is 0.0827. The van der Waals surface area contributed by atoms with Gasteiger partial charge in [-0.3, -0.25) is 4.79 Å². The minimum absolute atomic E-state index is 0.0108. The number of amides is 1. The van der Waals surface area contributed by atoms with E-state index in [0.717, 1.165) is 22.8 Å². The van der Waals surface area contributed by atoms with Crippen LogP contribution >= 0.6 is 0 Å². The van der Waals surface area contributed by atoms with E-state index >= 15 is 0 Å². The van der Waals surface area contributed by atoms with Crippen LogP contribution in [0.3, 0.4) is 0 Å². The predicted octanol–water partition coefficient (Wildman–Crippen LogP) is 4.57. The second-order valence-corrected chi connectivity index (χ2v) is 6.27. The summed E-state index contributed by atoms with van der Waals surface area (Å²) < 4.78 is 5.91. The van der Waals surface area contributed by atoms with E-state index in [1.165, 1.54) is 5.56 Å². The molecule has 0 saturated heterocycles. The van der Waals surface area contributed by atoms with E-state index in [0.29, 0.717) is 12.1 Å². The summed E-state index contributed by atoms with van der Waals surface area (Å²) in [5.41, 5.74) is 3.84. The van der Waals surface area contributed by atoms with E-state index in [1.807, 2.05) is 36.4 Å². The van der Waals surface area contributed by atoms with Crippen molar-refractivity contribution in [2.45, 2.75) is 13.5 Å². The van der Waals surface area contributed by atoms with E-state index in [4.69, 9.17) is 4.42 Å². The van der Waals surface area contributed by atoms with Gasteiger partial charge in [0, 0.05) is 30.9 Å². The van der Waals surface area contributed by atoms with E-state index in [-0.39, 0.29) is 5.91 Å². The molecule has 25 heavy (non-hydrogen) atoms. The Kier molecular flexibility index (Phi) is 4.89. The number of carbonyl (C=O) groups excluding carboxylic acids is 1. The number of carbonyl (C=O) groups is 1. The fourth-order valence-electron chi connectivity index (χ4n) is 2.56. The smallest absolute Gasteiger partial charge is 0.253 e. The Morgan fingerprint density at radius 3 is 2.52 bits per heavy atom. The van der Waals surface area contributed by atoms with Crippen molar-refractivity contribution in [2.24, 2.45) is 0 Å². The van der Waals surface area contributed by atoms with Gasteiger partial charge in [-0.25, -0.2) is 0 Å². The molecule has 0 radical (unpaired) electrons. The summed E-state index contributed by atoms with van der Waals surface area (Å²) in [7, 11) is 3.50. The first-order valence-corrected chi connectivity index (χ1v) is 8.24. The van der Waals surface area contributed by atoms with E-state index in [9.17, 15) is 4.79 Å². The van der Waals surface area contributed by atoms with Gasteiger partial charge in [0.15, 0.2) is 0 Å². The van der Waals surface area contributed by atoms with E-state index < -0.39 is 0 Å². The van der Waals surface area contributed by atoms with Gasteiger partial charge in [-0.2, -0.15) is 0 Å². The second-order valence-electron chi connectivity index (χ2n) is 6.27. The molecule has 1 aromatic heterocycles. The first-order valence-electron chi connectivity index (χ1n) is 8.24. The molecule has 0 atom stereocenters. The molecule has 1 heterocycles. The number of furan rings is 1. The lowest BCUT2D eigenvalue weighted by Gasteiger charge is -2.11. The molecule has 1 N–H and O–H groups in total. The normalized spacial score (nSPS) is 10.5. The summed E-state index contributed by atoms with van der Waals surface area (Å²) in [5.74, 6) is 1.69. The fourth-order valence-corrected chi connectivity index (χ4v) is 2.56. The molecule has 0 unspecified atom stereocenters. The maximum Gasteiger partial charge on any atom is 0.253 e. The lowest BCUT2D eigenvalue weighted by Crippen LogP contribution is -2.21. The predicted molar refractivity (Wildman–Crippen MR) is 101 cm³/mol. The van der Waals surface area contributed by atoms with Crippen molar-refractivity contribution in [1.82, 2.24) is 4.90 Å². The van der Waals surface area contributed by atoms with Crippen molar-refractivity contribution in [2.75, 3.05) is 19.4 Å². The maximum absolute atomic E-state index is 12.0. The van der Waals surface area contributed by atoms with Gasteiger partial charge in [0.1, 0.15) is 11.5 Å². The zero-order valence-corrected chi connectivity index (χ0v) is 14.7. The van der Waals surface area contributed by atoms with Crippen LogP contribution in [-0.4, -0.2) is 24.9 Å². The lowest BCUT2D eigenvalue weighted by atomic mass is 10.1. The van der Waals surface area contributed by atoms with Crippen LogP contribution in [0.15, 0.2) is 65.1 Å². The van der Waals surface area contributed by atoms with Crippen molar-refractivity contribution >= 4 is 11.6 Å². The molecule has 4 heteroatoms. The minimum atomic E-state index is -0.0108. The van der Waals surface area contributed by atoms with Crippen LogP contribution in [0.4, 0.5) is 5.69 Å². The first-order chi connectivity index (χ1) is 12.0. The van der Waals surface area contributed by atoms with E-state index in [2.05, 4.69) is 36.5 Å². The maximum atomic E-state index is 12.0. The van der Waals surface area contributed by atoms with E-state index in [1.54, 1.807) is 19.0 Å². The van der Waals surface area contributed by atoms with Crippen LogP contribution in [0.2, 0.25) is 0 Å². The molecule has 0 aliphatic rings. The van der Waals surface area contributed by atoms with Crippen molar-refractivity contribution in [3.63, 3.8) is 0 Å². The highest BCUT2D eigenvalue weighted by atomic mass is 16.3. The Morgan fingerprint density at radius 1 is 1.04 bits per heavy atom. The van der Waals surface area contributed by atoms with Gasteiger partial charge in [-0.05, 0) is 37.3 Å². The highest BCUT2D eigenvalue weighted by molar-refractivity contribution is 5.94. The molecule has 0 saturated carbocycles. The summed E-state index contributed by atoms with van der Waals surface area (Å²) in [6.07, 6.45) is 0. The third-order valence-corrected chi connectivity index (χ3v) is 3.98. The summed E-state index contributed by atoms with van der Waals surface area (Å²) in [6.45, 7) is 2.63. The van der Waals surface area contributed by atoms with Crippen LogP contribution in [0.1, 0.15) is 21.7 Å². The van der Waals surface area contributed by atoms with Crippen molar-refractivity contribution in [1.29, 1.82) is 0 Å². The summed E-state index contributed by atoms with van der Waals surface area (Å²) in [6, 6.07) is 19.7. The topological polar surface area (TPSA) is 45.5 Å². The number of nitrogens with one attached hydrogen (secondary N) is 1. The van der Waals surface area contributed by atoms with Crippen LogP contribution in [0.25, 0.3) is 11.3 Å². The average molecular weight is 334 g/mol. The third kappa shape index (κ3) is 4.10. The van der Waals surface area contributed by atoms with Crippen LogP contribution in [-0.2, 0) is 6.54 Å².